The molecule has 1 N–H and O–H groups in total. The van der Waals surface area contributed by atoms with E-state index in [1.54, 1.807) is 0 Å². The first-order valence-corrected chi connectivity index (χ1v) is 4.24. The van der Waals surface area contributed by atoms with E-state index >= 15 is 0 Å². The summed E-state index contributed by atoms with van der Waals surface area (Å²) in [5, 5.41) is 9.39. The largest absolute Gasteiger partial charge is 0.494 e. The van der Waals surface area contributed by atoms with E-state index < -0.39 is 17.8 Å². The zero-order valence-electron chi connectivity index (χ0n) is 8.30. The van der Waals surface area contributed by atoms with Crippen LogP contribution in [0.4, 0.5) is 13.2 Å². The van der Waals surface area contributed by atoms with E-state index in [4.69, 9.17) is 0 Å². The smallest absolute Gasteiger partial charge is 0.270 e. The number of hydrogen-bond acceptors (Lipinski definition) is 2. The predicted molar refractivity (Wildman–Crippen MR) is 48.5 cm³/mol. The molecule has 0 radical (unpaired) electrons. The highest BCUT2D eigenvalue weighted by Gasteiger charge is 2.34. The van der Waals surface area contributed by atoms with Crippen LogP contribution in [0.5, 0.6) is 5.75 Å². The van der Waals surface area contributed by atoms with E-state index in [2.05, 4.69) is 4.74 Å². The molecule has 0 amide bonds. The zero-order chi connectivity index (χ0) is 11.6. The van der Waals surface area contributed by atoms with Crippen LogP contribution in [0.1, 0.15) is 12.5 Å². The summed E-state index contributed by atoms with van der Waals surface area (Å²) >= 11 is 0. The van der Waals surface area contributed by atoms with Gasteiger partial charge in [0, 0.05) is 0 Å². The summed E-state index contributed by atoms with van der Waals surface area (Å²) in [6.45, 7) is 0.929. The van der Waals surface area contributed by atoms with Crippen molar-refractivity contribution in [2.45, 2.75) is 19.0 Å². The van der Waals surface area contributed by atoms with E-state index in [-0.39, 0.29) is 11.3 Å². The Balaban J connectivity index is 3.12. The minimum atomic E-state index is -2.98. The van der Waals surface area contributed by atoms with Gasteiger partial charge in [0.1, 0.15) is 5.60 Å². The van der Waals surface area contributed by atoms with E-state index in [1.165, 1.54) is 19.2 Å². The number of benzene rings is 1. The summed E-state index contributed by atoms with van der Waals surface area (Å²) in [6.07, 6.45) is -2.98. The molecule has 15 heavy (non-hydrogen) atoms. The van der Waals surface area contributed by atoms with Gasteiger partial charge in [0.25, 0.3) is 6.43 Å². The van der Waals surface area contributed by atoms with E-state index in [0.29, 0.717) is 0 Å². The van der Waals surface area contributed by atoms with Crippen molar-refractivity contribution in [3.8, 4) is 5.75 Å². The average Bonchev–Trinajstić information content (AvgIpc) is 2.17. The summed E-state index contributed by atoms with van der Waals surface area (Å²) < 4.78 is 42.6. The fourth-order valence-corrected chi connectivity index (χ4v) is 1.11. The lowest BCUT2D eigenvalue weighted by Gasteiger charge is -2.22. The molecule has 5 heteroatoms. The monoisotopic (exact) mass is 220 g/mol. The second kappa shape index (κ2) is 4.10. The van der Waals surface area contributed by atoms with Crippen LogP contribution in [0.15, 0.2) is 18.2 Å². The SMILES string of the molecule is COc1ccc(C(C)(O)C(F)F)cc1F. The lowest BCUT2D eigenvalue weighted by atomic mass is 9.96. The fourth-order valence-electron chi connectivity index (χ4n) is 1.11. The Labute approximate surface area is 85.3 Å². The molecule has 0 aromatic heterocycles. The third-order valence-corrected chi connectivity index (χ3v) is 2.16. The van der Waals surface area contributed by atoms with E-state index in [9.17, 15) is 18.3 Å². The van der Waals surface area contributed by atoms with Gasteiger partial charge in [-0.15, -0.1) is 0 Å². The van der Waals surface area contributed by atoms with Crippen molar-refractivity contribution >= 4 is 0 Å². The van der Waals surface area contributed by atoms with Gasteiger partial charge < -0.3 is 9.84 Å². The van der Waals surface area contributed by atoms with Crippen molar-refractivity contribution in [2.75, 3.05) is 7.11 Å². The molecule has 1 aromatic carbocycles. The molecule has 1 unspecified atom stereocenters. The summed E-state index contributed by atoms with van der Waals surface area (Å²) in [7, 11) is 1.27. The second-order valence-corrected chi connectivity index (χ2v) is 3.30. The normalized spacial score (nSPS) is 15.1. The highest BCUT2D eigenvalue weighted by molar-refractivity contribution is 5.32. The molecule has 0 saturated heterocycles. The highest BCUT2D eigenvalue weighted by atomic mass is 19.3. The van der Waals surface area contributed by atoms with Crippen molar-refractivity contribution < 1.29 is 23.0 Å². The molecule has 84 valence electrons. The van der Waals surface area contributed by atoms with Crippen LogP contribution >= 0.6 is 0 Å². The van der Waals surface area contributed by atoms with E-state index in [0.717, 1.165) is 13.0 Å². The van der Waals surface area contributed by atoms with Crippen LogP contribution in [0, 0.1) is 5.82 Å². The molecule has 0 bridgehead atoms. The molecule has 0 heterocycles. The standard InChI is InChI=1S/C10H11F3O2/c1-10(14,9(12)13)6-3-4-8(15-2)7(11)5-6/h3-5,9,14H,1-2H3. The Morgan fingerprint density at radius 2 is 2.00 bits per heavy atom. The van der Waals surface area contributed by atoms with Gasteiger partial charge in [-0.3, -0.25) is 0 Å². The second-order valence-electron chi connectivity index (χ2n) is 3.30. The number of ether oxygens (including phenoxy) is 1. The molecule has 0 fully saturated rings. The first-order chi connectivity index (χ1) is 6.89. The van der Waals surface area contributed by atoms with Crippen LogP contribution in [0.3, 0.4) is 0 Å². The van der Waals surface area contributed by atoms with Crippen molar-refractivity contribution in [2.24, 2.45) is 0 Å². The van der Waals surface area contributed by atoms with Gasteiger partial charge in [-0.2, -0.15) is 0 Å². The van der Waals surface area contributed by atoms with Gasteiger partial charge >= 0.3 is 0 Å². The van der Waals surface area contributed by atoms with Gasteiger partial charge in [0.2, 0.25) is 0 Å². The molecular formula is C10H11F3O2. The number of rotatable bonds is 3. The molecule has 1 atom stereocenters. The topological polar surface area (TPSA) is 29.5 Å². The molecular weight excluding hydrogens is 209 g/mol. The summed E-state index contributed by atoms with van der Waals surface area (Å²) in [4.78, 5) is 0. The lowest BCUT2D eigenvalue weighted by molar-refractivity contribution is -0.0884. The van der Waals surface area contributed by atoms with E-state index in [1.807, 2.05) is 0 Å². The van der Waals surface area contributed by atoms with Crippen LogP contribution in [-0.4, -0.2) is 18.6 Å². The number of aliphatic hydroxyl groups is 1. The Hall–Kier alpha value is -1.23. The third kappa shape index (κ3) is 2.23. The Bertz CT molecular complexity index is 351. The molecule has 0 aliphatic rings. The number of hydrogen-bond donors (Lipinski definition) is 1. The van der Waals surface area contributed by atoms with Crippen molar-refractivity contribution in [1.29, 1.82) is 0 Å². The zero-order valence-corrected chi connectivity index (χ0v) is 8.30. The van der Waals surface area contributed by atoms with Crippen molar-refractivity contribution in [3.05, 3.63) is 29.6 Å². The molecule has 2 nitrogen and oxygen atoms in total. The summed E-state index contributed by atoms with van der Waals surface area (Å²) in [5.74, 6) is -0.834. The maximum absolute atomic E-state index is 13.2. The fraction of sp³-hybridized carbons (Fsp3) is 0.400. The van der Waals surface area contributed by atoms with Crippen LogP contribution in [0.2, 0.25) is 0 Å². The maximum Gasteiger partial charge on any atom is 0.270 e. The molecule has 0 aliphatic carbocycles. The first kappa shape index (κ1) is 11.8. The molecule has 0 spiro atoms. The summed E-state index contributed by atoms with van der Waals surface area (Å²) in [6, 6.07) is 3.24. The van der Waals surface area contributed by atoms with Gasteiger partial charge in [-0.05, 0) is 24.6 Å². The van der Waals surface area contributed by atoms with Crippen LogP contribution in [-0.2, 0) is 5.60 Å². The number of halogens is 3. The Morgan fingerprint density at radius 1 is 1.40 bits per heavy atom. The lowest BCUT2D eigenvalue weighted by Crippen LogP contribution is -2.30. The summed E-state index contributed by atoms with van der Waals surface area (Å²) in [5.41, 5.74) is -2.54. The molecule has 0 aliphatic heterocycles. The van der Waals surface area contributed by atoms with Crippen LogP contribution < -0.4 is 4.74 Å². The van der Waals surface area contributed by atoms with Crippen molar-refractivity contribution in [3.63, 3.8) is 0 Å². The molecule has 0 saturated carbocycles. The number of methoxy groups -OCH3 is 1. The minimum Gasteiger partial charge on any atom is -0.494 e. The highest BCUT2D eigenvalue weighted by Crippen LogP contribution is 2.30. The predicted octanol–water partition coefficient (Wildman–Crippen LogP) is 2.31. The maximum atomic E-state index is 13.2. The molecule has 1 rings (SSSR count). The average molecular weight is 220 g/mol. The molecule has 1 aromatic rings. The van der Waals surface area contributed by atoms with Crippen molar-refractivity contribution in [1.82, 2.24) is 0 Å². The Kier molecular flexibility index (Phi) is 3.24. The van der Waals surface area contributed by atoms with Gasteiger partial charge in [0.05, 0.1) is 7.11 Å². The minimum absolute atomic E-state index is 0.0520. The van der Waals surface area contributed by atoms with Gasteiger partial charge in [0.15, 0.2) is 11.6 Å². The Morgan fingerprint density at radius 3 is 2.40 bits per heavy atom. The number of alkyl halides is 2. The van der Waals surface area contributed by atoms with Crippen LogP contribution in [0.25, 0.3) is 0 Å². The quantitative estimate of drug-likeness (QED) is 0.846. The first-order valence-electron chi connectivity index (χ1n) is 4.24. The third-order valence-electron chi connectivity index (χ3n) is 2.16. The van der Waals surface area contributed by atoms with Gasteiger partial charge in [-0.1, -0.05) is 6.07 Å². The van der Waals surface area contributed by atoms with Gasteiger partial charge in [-0.25, -0.2) is 13.2 Å².